The average molecular weight is 399 g/mol. The van der Waals surface area contributed by atoms with Crippen LogP contribution in [0.5, 0.6) is 0 Å². The molecule has 9 heteroatoms. The van der Waals surface area contributed by atoms with E-state index in [1.54, 1.807) is 6.07 Å². The molecule has 0 aromatic heterocycles. The average Bonchev–Trinajstić information content (AvgIpc) is 2.61. The Hall–Kier alpha value is -2.64. The Morgan fingerprint density at radius 3 is 2.31 bits per heavy atom. The Balaban J connectivity index is 1.79. The van der Waals surface area contributed by atoms with Gasteiger partial charge in [-0.1, -0.05) is 41.4 Å². The Kier molecular flexibility index (Phi) is 6.94. The number of benzene rings is 2. The van der Waals surface area contributed by atoms with Crippen LogP contribution >= 0.6 is 23.2 Å². The highest BCUT2D eigenvalue weighted by Crippen LogP contribution is 2.29. The lowest BCUT2D eigenvalue weighted by molar-refractivity contribution is -0.146. The van der Waals surface area contributed by atoms with Crippen LogP contribution in [0.1, 0.15) is 10.4 Å². The zero-order chi connectivity index (χ0) is 19.1. The standard InChI is InChI=1S/C17H13Cl2FN2O4/c18-11-5-3-6-12(19)16(11)22-14(23)9-26-15(24)8-21-17(25)10-4-1-2-7-13(10)20/h1-7H,8-9H2,(H,21,25)(H,22,23). The molecule has 0 fully saturated rings. The number of anilines is 1. The number of rotatable bonds is 6. The third kappa shape index (κ3) is 5.44. The maximum atomic E-state index is 13.4. The highest BCUT2D eigenvalue weighted by atomic mass is 35.5. The number of halogens is 3. The summed E-state index contributed by atoms with van der Waals surface area (Å²) in [5.41, 5.74) is -0.00357. The first-order valence-corrected chi connectivity index (χ1v) is 8.06. The van der Waals surface area contributed by atoms with E-state index < -0.39 is 36.8 Å². The van der Waals surface area contributed by atoms with Crippen LogP contribution in [-0.4, -0.2) is 30.9 Å². The van der Waals surface area contributed by atoms with E-state index in [1.807, 2.05) is 0 Å². The van der Waals surface area contributed by atoms with Crippen molar-refractivity contribution in [2.75, 3.05) is 18.5 Å². The summed E-state index contributed by atoms with van der Waals surface area (Å²) in [5.74, 6) is -3.01. The molecule has 26 heavy (non-hydrogen) atoms. The van der Waals surface area contributed by atoms with Gasteiger partial charge < -0.3 is 15.4 Å². The zero-order valence-corrected chi connectivity index (χ0v) is 14.7. The Labute approximate surface area is 158 Å². The van der Waals surface area contributed by atoms with Crippen molar-refractivity contribution in [2.45, 2.75) is 0 Å². The number of hydrogen-bond donors (Lipinski definition) is 2. The van der Waals surface area contributed by atoms with Gasteiger partial charge in [-0.2, -0.15) is 0 Å². The molecule has 6 nitrogen and oxygen atoms in total. The molecule has 0 radical (unpaired) electrons. The lowest BCUT2D eigenvalue weighted by atomic mass is 10.2. The Morgan fingerprint density at radius 1 is 1.00 bits per heavy atom. The van der Waals surface area contributed by atoms with Crippen molar-refractivity contribution in [3.05, 3.63) is 63.9 Å². The van der Waals surface area contributed by atoms with Crippen LogP contribution < -0.4 is 10.6 Å². The maximum Gasteiger partial charge on any atom is 0.325 e. The third-order valence-corrected chi connectivity index (χ3v) is 3.73. The molecule has 0 saturated heterocycles. The molecule has 0 spiro atoms. The first kappa shape index (κ1) is 19.7. The molecule has 0 heterocycles. The molecule has 0 atom stereocenters. The second-order valence-corrected chi connectivity index (χ2v) is 5.78. The van der Waals surface area contributed by atoms with Crippen molar-refractivity contribution in [3.63, 3.8) is 0 Å². The molecule has 2 aromatic rings. The fourth-order valence-electron chi connectivity index (χ4n) is 1.88. The predicted octanol–water partition coefficient (Wildman–Crippen LogP) is 3.04. The number of carbonyl (C=O) groups excluding carboxylic acids is 3. The van der Waals surface area contributed by atoms with Gasteiger partial charge in [0.15, 0.2) is 6.61 Å². The second kappa shape index (κ2) is 9.17. The van der Waals surface area contributed by atoms with Crippen molar-refractivity contribution in [3.8, 4) is 0 Å². The highest BCUT2D eigenvalue weighted by Gasteiger charge is 2.14. The van der Waals surface area contributed by atoms with Crippen molar-refractivity contribution < 1.29 is 23.5 Å². The Bertz CT molecular complexity index is 825. The SMILES string of the molecule is O=C(COC(=O)CNC(=O)c1ccccc1F)Nc1c(Cl)cccc1Cl. The summed E-state index contributed by atoms with van der Waals surface area (Å²) < 4.78 is 18.2. The minimum atomic E-state index is -0.866. The number of ether oxygens (including phenoxy) is 1. The molecule has 0 saturated carbocycles. The van der Waals surface area contributed by atoms with Gasteiger partial charge in [0.2, 0.25) is 0 Å². The molecule has 2 rings (SSSR count). The monoisotopic (exact) mass is 398 g/mol. The molecular formula is C17H13Cl2FN2O4. The van der Waals surface area contributed by atoms with Gasteiger partial charge in [-0.25, -0.2) is 4.39 Å². The number of hydrogen-bond acceptors (Lipinski definition) is 4. The number of nitrogens with one attached hydrogen (secondary N) is 2. The first-order valence-electron chi connectivity index (χ1n) is 7.30. The molecule has 2 N–H and O–H groups in total. The fraction of sp³-hybridized carbons (Fsp3) is 0.118. The molecular weight excluding hydrogens is 386 g/mol. The number of esters is 1. The van der Waals surface area contributed by atoms with Crippen molar-refractivity contribution in [1.82, 2.24) is 5.32 Å². The summed E-state index contributed by atoms with van der Waals surface area (Å²) in [6.07, 6.45) is 0. The van der Waals surface area contributed by atoms with E-state index in [0.29, 0.717) is 0 Å². The van der Waals surface area contributed by atoms with E-state index in [2.05, 4.69) is 10.6 Å². The lowest BCUT2D eigenvalue weighted by Gasteiger charge is -2.10. The summed E-state index contributed by atoms with van der Waals surface area (Å²) in [6, 6.07) is 10.00. The van der Waals surface area contributed by atoms with Crippen molar-refractivity contribution in [1.29, 1.82) is 0 Å². The quantitative estimate of drug-likeness (QED) is 0.732. The Morgan fingerprint density at radius 2 is 1.65 bits per heavy atom. The first-order chi connectivity index (χ1) is 12.4. The molecule has 2 amide bonds. The van der Waals surface area contributed by atoms with Crippen LogP contribution in [-0.2, 0) is 14.3 Å². The van der Waals surface area contributed by atoms with E-state index >= 15 is 0 Å². The zero-order valence-electron chi connectivity index (χ0n) is 13.2. The third-order valence-electron chi connectivity index (χ3n) is 3.10. The van der Waals surface area contributed by atoms with Crippen molar-refractivity contribution >= 4 is 46.7 Å². The molecule has 0 aliphatic carbocycles. The molecule has 0 aliphatic heterocycles. The lowest BCUT2D eigenvalue weighted by Crippen LogP contribution is -2.32. The smallest absolute Gasteiger partial charge is 0.325 e. The van der Waals surface area contributed by atoms with Gasteiger partial charge in [0.1, 0.15) is 12.4 Å². The summed E-state index contributed by atoms with van der Waals surface area (Å²) in [4.78, 5) is 35.1. The van der Waals surface area contributed by atoms with Gasteiger partial charge in [-0.15, -0.1) is 0 Å². The highest BCUT2D eigenvalue weighted by molar-refractivity contribution is 6.39. The number of amides is 2. The van der Waals surface area contributed by atoms with Gasteiger partial charge in [0, 0.05) is 0 Å². The minimum Gasteiger partial charge on any atom is -0.454 e. The van der Waals surface area contributed by atoms with Crippen LogP contribution in [0.25, 0.3) is 0 Å². The molecule has 136 valence electrons. The van der Waals surface area contributed by atoms with E-state index in [-0.39, 0.29) is 21.3 Å². The van der Waals surface area contributed by atoms with Gasteiger partial charge >= 0.3 is 5.97 Å². The number of para-hydroxylation sites is 1. The van der Waals surface area contributed by atoms with E-state index in [9.17, 15) is 18.8 Å². The van der Waals surface area contributed by atoms with E-state index in [0.717, 1.165) is 6.07 Å². The van der Waals surface area contributed by atoms with Crippen LogP contribution in [0.15, 0.2) is 42.5 Å². The van der Waals surface area contributed by atoms with Crippen LogP contribution in [0.4, 0.5) is 10.1 Å². The van der Waals surface area contributed by atoms with E-state index in [1.165, 1.54) is 30.3 Å². The maximum absolute atomic E-state index is 13.4. The van der Waals surface area contributed by atoms with Crippen LogP contribution in [0, 0.1) is 5.82 Å². The number of carbonyl (C=O) groups is 3. The van der Waals surface area contributed by atoms with E-state index in [4.69, 9.17) is 27.9 Å². The molecule has 0 aliphatic rings. The summed E-state index contributed by atoms with van der Waals surface area (Å²) in [6.45, 7) is -1.12. The largest absolute Gasteiger partial charge is 0.454 e. The molecule has 0 unspecified atom stereocenters. The van der Waals surface area contributed by atoms with Crippen LogP contribution in [0.2, 0.25) is 10.0 Å². The minimum absolute atomic E-state index is 0.199. The van der Waals surface area contributed by atoms with Crippen LogP contribution in [0.3, 0.4) is 0 Å². The molecule has 2 aromatic carbocycles. The summed E-state index contributed by atoms with van der Waals surface area (Å²) in [7, 11) is 0. The summed E-state index contributed by atoms with van der Waals surface area (Å²) in [5, 5.41) is 5.08. The second-order valence-electron chi connectivity index (χ2n) is 4.97. The predicted molar refractivity (Wildman–Crippen MR) is 94.8 cm³/mol. The van der Waals surface area contributed by atoms with Crippen molar-refractivity contribution in [2.24, 2.45) is 0 Å². The van der Waals surface area contributed by atoms with Gasteiger partial charge in [0.05, 0.1) is 21.3 Å². The van der Waals surface area contributed by atoms with Gasteiger partial charge in [-0.05, 0) is 24.3 Å². The van der Waals surface area contributed by atoms with Gasteiger partial charge in [-0.3, -0.25) is 14.4 Å². The van der Waals surface area contributed by atoms with Gasteiger partial charge in [0.25, 0.3) is 11.8 Å². The summed E-state index contributed by atoms with van der Waals surface area (Å²) >= 11 is 11.8. The normalized spacial score (nSPS) is 10.1. The topological polar surface area (TPSA) is 84.5 Å². The molecule has 0 bridgehead atoms. The fourth-order valence-corrected chi connectivity index (χ4v) is 2.37.